The van der Waals surface area contributed by atoms with Gasteiger partial charge in [-0.2, -0.15) is 0 Å². The van der Waals surface area contributed by atoms with Gasteiger partial charge in [-0.25, -0.2) is 4.79 Å². The van der Waals surface area contributed by atoms with Crippen LogP contribution in [0.25, 0.3) is 0 Å². The molecule has 0 aliphatic carbocycles. The van der Waals surface area contributed by atoms with Gasteiger partial charge in [0, 0.05) is 19.6 Å². The topological polar surface area (TPSA) is 62.8 Å². The highest BCUT2D eigenvalue weighted by atomic mass is 16.5. The van der Waals surface area contributed by atoms with E-state index in [4.69, 9.17) is 9.47 Å². The number of carbonyl (C=O) groups excluding carboxylic acids is 1. The molecule has 0 fully saturated rings. The summed E-state index contributed by atoms with van der Waals surface area (Å²) in [6, 6.07) is 12.6. The summed E-state index contributed by atoms with van der Waals surface area (Å²) in [5.74, 6) is 1.47. The summed E-state index contributed by atoms with van der Waals surface area (Å²) in [7, 11) is 3.33. The van der Waals surface area contributed by atoms with E-state index >= 15 is 0 Å². The van der Waals surface area contributed by atoms with E-state index in [-0.39, 0.29) is 18.1 Å². The lowest BCUT2D eigenvalue weighted by Crippen LogP contribution is -2.50. The molecule has 0 radical (unpaired) electrons. The van der Waals surface area contributed by atoms with Crippen molar-refractivity contribution in [3.63, 3.8) is 0 Å². The fourth-order valence-corrected chi connectivity index (χ4v) is 4.47. The average Bonchev–Trinajstić information content (AvgIpc) is 2.78. The number of carbonyl (C=O) groups is 1. The van der Waals surface area contributed by atoms with Crippen molar-refractivity contribution in [2.24, 2.45) is 0 Å². The second-order valence-corrected chi connectivity index (χ2v) is 8.02. The third-order valence-electron chi connectivity index (χ3n) is 6.14. The summed E-state index contributed by atoms with van der Waals surface area (Å²) in [6.07, 6.45) is 1.75. The van der Waals surface area contributed by atoms with E-state index in [1.165, 1.54) is 22.3 Å². The van der Waals surface area contributed by atoms with Crippen LogP contribution in [-0.2, 0) is 13.0 Å². The van der Waals surface area contributed by atoms with Gasteiger partial charge in [-0.05, 0) is 61.1 Å². The van der Waals surface area contributed by atoms with Crippen molar-refractivity contribution in [2.75, 3.05) is 27.3 Å². The molecule has 3 rings (SSSR count). The fraction of sp³-hybridized carbons (Fsp3) is 0.480. The van der Waals surface area contributed by atoms with E-state index in [0.717, 1.165) is 37.4 Å². The maximum Gasteiger partial charge on any atom is 0.315 e. The Balaban J connectivity index is 2.03. The summed E-state index contributed by atoms with van der Waals surface area (Å²) >= 11 is 0. The van der Waals surface area contributed by atoms with Crippen LogP contribution in [0, 0.1) is 6.92 Å². The molecule has 1 aliphatic rings. The average molecular weight is 426 g/mol. The first-order valence-electron chi connectivity index (χ1n) is 11.1. The number of urea groups is 1. The number of aryl methyl sites for hydroxylation is 1. The summed E-state index contributed by atoms with van der Waals surface area (Å²) in [6.45, 7) is 8.55. The van der Waals surface area contributed by atoms with Crippen LogP contribution >= 0.6 is 0 Å². The van der Waals surface area contributed by atoms with E-state index in [0.29, 0.717) is 6.54 Å². The van der Waals surface area contributed by atoms with Gasteiger partial charge in [-0.1, -0.05) is 31.2 Å². The van der Waals surface area contributed by atoms with E-state index in [9.17, 15) is 4.79 Å². The predicted molar refractivity (Wildman–Crippen MR) is 124 cm³/mol. The molecule has 0 spiro atoms. The molecule has 6 heteroatoms. The second-order valence-electron chi connectivity index (χ2n) is 8.02. The van der Waals surface area contributed by atoms with Crippen LogP contribution in [0.1, 0.15) is 48.6 Å². The maximum atomic E-state index is 12.4. The number of hydrogen-bond donors (Lipinski definition) is 2. The Bertz CT molecular complexity index is 900. The molecule has 1 aliphatic heterocycles. The standard InChI is InChI=1S/C25H35N3O3/c1-6-21(27-25(29)26-7-2)24-20-15-23(31-5)22(30-4)14-18(20)12-13-28(24)16-19-11-9-8-10-17(19)3/h8-11,14-15,21,24H,6-7,12-13,16H2,1-5H3,(H2,26,27,29)/t21-,24-/m1/s1. The van der Waals surface area contributed by atoms with Gasteiger partial charge in [-0.3, -0.25) is 4.90 Å². The summed E-state index contributed by atoms with van der Waals surface area (Å²) in [5.41, 5.74) is 5.04. The number of nitrogens with one attached hydrogen (secondary N) is 2. The van der Waals surface area contributed by atoms with Crippen LogP contribution in [0.5, 0.6) is 11.5 Å². The first-order valence-corrected chi connectivity index (χ1v) is 11.1. The predicted octanol–water partition coefficient (Wildman–Crippen LogP) is 4.21. The molecule has 2 aromatic carbocycles. The highest BCUT2D eigenvalue weighted by Crippen LogP contribution is 2.40. The first-order chi connectivity index (χ1) is 15.0. The number of amides is 2. The number of ether oxygens (including phenoxy) is 2. The molecule has 2 amide bonds. The van der Waals surface area contributed by atoms with Crippen molar-refractivity contribution in [2.45, 2.75) is 52.2 Å². The molecule has 2 N–H and O–H groups in total. The van der Waals surface area contributed by atoms with E-state index in [1.54, 1.807) is 14.2 Å². The van der Waals surface area contributed by atoms with Crippen molar-refractivity contribution in [3.05, 3.63) is 58.7 Å². The third-order valence-corrected chi connectivity index (χ3v) is 6.14. The van der Waals surface area contributed by atoms with Crippen LogP contribution in [0.3, 0.4) is 0 Å². The van der Waals surface area contributed by atoms with Crippen LogP contribution < -0.4 is 20.1 Å². The number of benzene rings is 2. The Morgan fingerprint density at radius 1 is 1.16 bits per heavy atom. The molecule has 1 heterocycles. The Hall–Kier alpha value is -2.73. The Morgan fingerprint density at radius 3 is 2.52 bits per heavy atom. The number of hydrogen-bond acceptors (Lipinski definition) is 4. The molecule has 0 aromatic heterocycles. The quantitative estimate of drug-likeness (QED) is 0.665. The van der Waals surface area contributed by atoms with E-state index < -0.39 is 0 Å². The number of methoxy groups -OCH3 is 2. The van der Waals surface area contributed by atoms with Crippen LogP contribution in [0.2, 0.25) is 0 Å². The number of fused-ring (bicyclic) bond motifs is 1. The maximum absolute atomic E-state index is 12.4. The zero-order chi connectivity index (χ0) is 22.4. The van der Waals surface area contributed by atoms with E-state index in [1.807, 2.05) is 6.92 Å². The highest BCUT2D eigenvalue weighted by Gasteiger charge is 2.35. The van der Waals surface area contributed by atoms with E-state index in [2.05, 4.69) is 65.8 Å². The summed E-state index contributed by atoms with van der Waals surface area (Å²) < 4.78 is 11.2. The summed E-state index contributed by atoms with van der Waals surface area (Å²) in [4.78, 5) is 14.9. The summed E-state index contributed by atoms with van der Waals surface area (Å²) in [5, 5.41) is 6.09. The van der Waals surface area contributed by atoms with Crippen molar-refractivity contribution >= 4 is 6.03 Å². The molecule has 168 valence electrons. The molecular formula is C25H35N3O3. The van der Waals surface area contributed by atoms with Crippen molar-refractivity contribution in [1.82, 2.24) is 15.5 Å². The molecule has 0 saturated heterocycles. The SMILES string of the molecule is CCNC(=O)N[C@H](CC)[C@H]1c2cc(OC)c(OC)cc2CCN1Cc1ccccc1C. The zero-order valence-electron chi connectivity index (χ0n) is 19.3. The van der Waals surface area contributed by atoms with Gasteiger partial charge in [0.1, 0.15) is 0 Å². The van der Waals surface area contributed by atoms with Gasteiger partial charge in [0.2, 0.25) is 0 Å². The normalized spacial score (nSPS) is 16.9. The molecule has 0 unspecified atom stereocenters. The van der Waals surface area contributed by atoms with Gasteiger partial charge in [0.25, 0.3) is 0 Å². The molecule has 31 heavy (non-hydrogen) atoms. The largest absolute Gasteiger partial charge is 0.493 e. The monoisotopic (exact) mass is 425 g/mol. The molecule has 2 aromatic rings. The first kappa shape index (κ1) is 22.9. The van der Waals surface area contributed by atoms with Gasteiger partial charge >= 0.3 is 6.03 Å². The third kappa shape index (κ3) is 5.13. The molecule has 0 saturated carbocycles. The molecular weight excluding hydrogens is 390 g/mol. The van der Waals surface area contributed by atoms with Gasteiger partial charge < -0.3 is 20.1 Å². The number of rotatable bonds is 8. The Morgan fingerprint density at radius 2 is 1.87 bits per heavy atom. The minimum absolute atomic E-state index is 0.0345. The lowest BCUT2D eigenvalue weighted by atomic mass is 9.86. The smallest absolute Gasteiger partial charge is 0.315 e. The van der Waals surface area contributed by atoms with Crippen molar-refractivity contribution < 1.29 is 14.3 Å². The molecule has 0 bridgehead atoms. The lowest BCUT2D eigenvalue weighted by molar-refractivity contribution is 0.135. The van der Waals surface area contributed by atoms with Crippen LogP contribution in [0.4, 0.5) is 4.79 Å². The van der Waals surface area contributed by atoms with Gasteiger partial charge in [0.05, 0.1) is 26.3 Å². The van der Waals surface area contributed by atoms with Gasteiger partial charge in [-0.15, -0.1) is 0 Å². The fourth-order valence-electron chi connectivity index (χ4n) is 4.47. The van der Waals surface area contributed by atoms with Crippen molar-refractivity contribution in [3.8, 4) is 11.5 Å². The van der Waals surface area contributed by atoms with Crippen molar-refractivity contribution in [1.29, 1.82) is 0 Å². The minimum atomic E-state index is -0.127. The van der Waals surface area contributed by atoms with Gasteiger partial charge in [0.15, 0.2) is 11.5 Å². The highest BCUT2D eigenvalue weighted by molar-refractivity contribution is 5.74. The number of nitrogens with zero attached hydrogens (tertiary/aromatic N) is 1. The van der Waals surface area contributed by atoms with Crippen LogP contribution in [0.15, 0.2) is 36.4 Å². The Labute approximate surface area is 185 Å². The van der Waals surface area contributed by atoms with Crippen LogP contribution in [-0.4, -0.2) is 44.3 Å². The Kier molecular flexibility index (Phi) is 7.80. The minimum Gasteiger partial charge on any atom is -0.493 e. The zero-order valence-corrected chi connectivity index (χ0v) is 19.3. The molecule has 6 nitrogen and oxygen atoms in total. The lowest BCUT2D eigenvalue weighted by Gasteiger charge is -2.42. The molecule has 2 atom stereocenters. The second kappa shape index (κ2) is 10.5.